The van der Waals surface area contributed by atoms with Crippen LogP contribution >= 0.6 is 11.3 Å². The van der Waals surface area contributed by atoms with Crippen molar-refractivity contribution in [1.82, 2.24) is 4.98 Å². The number of hydrogen-bond donors (Lipinski definition) is 1. The minimum atomic E-state index is -0.0578. The number of aromatic nitrogens is 1. The van der Waals surface area contributed by atoms with Crippen LogP contribution in [0.1, 0.15) is 30.7 Å². The second kappa shape index (κ2) is 4.82. The van der Waals surface area contributed by atoms with Crippen molar-refractivity contribution < 1.29 is 5.11 Å². The molecule has 2 nitrogen and oxygen atoms in total. The summed E-state index contributed by atoms with van der Waals surface area (Å²) in [4.78, 5) is 4.76. The zero-order valence-corrected chi connectivity index (χ0v) is 11.1. The summed E-state index contributed by atoms with van der Waals surface area (Å²) < 4.78 is 0. The van der Waals surface area contributed by atoms with Gasteiger partial charge in [0.2, 0.25) is 0 Å². The molecule has 0 unspecified atom stereocenters. The van der Waals surface area contributed by atoms with E-state index in [2.05, 4.69) is 17.5 Å². The molecule has 0 atom stereocenters. The van der Waals surface area contributed by atoms with Crippen LogP contribution in [-0.4, -0.2) is 16.7 Å². The molecular weight excluding hydrogens is 242 g/mol. The molecule has 2 aromatic rings. The topological polar surface area (TPSA) is 33.1 Å². The molecule has 3 heteroatoms. The third-order valence-electron chi connectivity index (χ3n) is 3.89. The quantitative estimate of drug-likeness (QED) is 0.913. The van der Waals surface area contributed by atoms with Gasteiger partial charge in [-0.05, 0) is 12.8 Å². The summed E-state index contributed by atoms with van der Waals surface area (Å²) >= 11 is 1.69. The SMILES string of the molecule is OCC1(c2nc(-c3ccccc3)cs2)CCCC1. The van der Waals surface area contributed by atoms with E-state index in [1.807, 2.05) is 18.2 Å². The first-order valence-corrected chi connectivity index (χ1v) is 7.34. The highest BCUT2D eigenvalue weighted by atomic mass is 32.1. The molecule has 1 aliphatic carbocycles. The number of nitrogens with zero attached hydrogens (tertiary/aromatic N) is 1. The Morgan fingerprint density at radius 2 is 1.89 bits per heavy atom. The molecule has 1 aromatic heterocycles. The Hall–Kier alpha value is -1.19. The monoisotopic (exact) mass is 259 g/mol. The van der Waals surface area contributed by atoms with E-state index >= 15 is 0 Å². The van der Waals surface area contributed by atoms with Crippen LogP contribution in [0.3, 0.4) is 0 Å². The summed E-state index contributed by atoms with van der Waals surface area (Å²) in [5, 5.41) is 12.9. The molecule has 1 fully saturated rings. The lowest BCUT2D eigenvalue weighted by Gasteiger charge is -2.23. The van der Waals surface area contributed by atoms with Crippen LogP contribution in [0.4, 0.5) is 0 Å². The lowest BCUT2D eigenvalue weighted by molar-refractivity contribution is 0.195. The first-order valence-electron chi connectivity index (χ1n) is 6.46. The average Bonchev–Trinajstić information content (AvgIpc) is 3.09. The molecule has 0 spiro atoms. The second-order valence-corrected chi connectivity index (χ2v) is 5.91. The lowest BCUT2D eigenvalue weighted by atomic mass is 9.88. The van der Waals surface area contributed by atoms with Gasteiger partial charge >= 0.3 is 0 Å². The van der Waals surface area contributed by atoms with Crippen molar-refractivity contribution in [2.75, 3.05) is 6.61 Å². The van der Waals surface area contributed by atoms with Gasteiger partial charge in [-0.2, -0.15) is 0 Å². The average molecular weight is 259 g/mol. The molecule has 0 aliphatic heterocycles. The van der Waals surface area contributed by atoms with Crippen molar-refractivity contribution in [1.29, 1.82) is 0 Å². The number of aliphatic hydroxyl groups is 1. The lowest BCUT2D eigenvalue weighted by Crippen LogP contribution is -2.26. The van der Waals surface area contributed by atoms with Crippen LogP contribution in [0.15, 0.2) is 35.7 Å². The van der Waals surface area contributed by atoms with E-state index in [9.17, 15) is 5.11 Å². The molecule has 1 aliphatic rings. The fraction of sp³-hybridized carbons (Fsp3) is 0.400. The first-order chi connectivity index (χ1) is 8.84. The Bertz CT molecular complexity index is 514. The first kappa shape index (κ1) is 11.9. The Morgan fingerprint density at radius 1 is 1.17 bits per heavy atom. The number of rotatable bonds is 3. The van der Waals surface area contributed by atoms with E-state index in [0.717, 1.165) is 29.1 Å². The van der Waals surface area contributed by atoms with Gasteiger partial charge in [0.05, 0.1) is 12.3 Å². The second-order valence-electron chi connectivity index (χ2n) is 5.05. The van der Waals surface area contributed by atoms with Gasteiger partial charge in [-0.1, -0.05) is 43.2 Å². The van der Waals surface area contributed by atoms with Crippen molar-refractivity contribution in [2.45, 2.75) is 31.1 Å². The third-order valence-corrected chi connectivity index (χ3v) is 4.98. The third kappa shape index (κ3) is 1.98. The zero-order valence-electron chi connectivity index (χ0n) is 10.3. The molecule has 0 amide bonds. The van der Waals surface area contributed by atoms with Gasteiger partial charge in [0, 0.05) is 16.4 Å². The van der Waals surface area contributed by atoms with E-state index in [1.54, 1.807) is 11.3 Å². The predicted molar refractivity (Wildman–Crippen MR) is 74.8 cm³/mol. The molecule has 1 heterocycles. The van der Waals surface area contributed by atoms with Gasteiger partial charge in [-0.15, -0.1) is 11.3 Å². The number of aliphatic hydroxyl groups excluding tert-OH is 1. The molecule has 1 saturated carbocycles. The largest absolute Gasteiger partial charge is 0.395 e. The van der Waals surface area contributed by atoms with Crippen LogP contribution in [-0.2, 0) is 5.41 Å². The summed E-state index contributed by atoms with van der Waals surface area (Å²) in [5.74, 6) is 0. The Labute approximate surface area is 111 Å². The van der Waals surface area contributed by atoms with Crippen LogP contribution in [0.2, 0.25) is 0 Å². The molecule has 94 valence electrons. The van der Waals surface area contributed by atoms with Crippen molar-refractivity contribution in [3.8, 4) is 11.3 Å². The highest BCUT2D eigenvalue weighted by Crippen LogP contribution is 2.42. The predicted octanol–water partition coefficient (Wildman–Crippen LogP) is 3.61. The van der Waals surface area contributed by atoms with E-state index < -0.39 is 0 Å². The standard InChI is InChI=1S/C15H17NOS/c17-11-15(8-4-5-9-15)14-16-13(10-18-14)12-6-2-1-3-7-12/h1-3,6-7,10,17H,4-5,8-9,11H2. The summed E-state index contributed by atoms with van der Waals surface area (Å²) in [6.45, 7) is 0.231. The number of thiazole rings is 1. The summed E-state index contributed by atoms with van der Waals surface area (Å²) in [6.07, 6.45) is 4.57. The molecule has 0 saturated heterocycles. The van der Waals surface area contributed by atoms with Crippen LogP contribution in [0.25, 0.3) is 11.3 Å². The highest BCUT2D eigenvalue weighted by Gasteiger charge is 2.37. The van der Waals surface area contributed by atoms with Gasteiger partial charge in [-0.3, -0.25) is 0 Å². The molecule has 1 aromatic carbocycles. The molecule has 18 heavy (non-hydrogen) atoms. The maximum atomic E-state index is 9.72. The summed E-state index contributed by atoms with van der Waals surface area (Å²) in [7, 11) is 0. The maximum Gasteiger partial charge on any atom is 0.102 e. The van der Waals surface area contributed by atoms with Crippen LogP contribution in [0.5, 0.6) is 0 Å². The molecule has 0 radical (unpaired) electrons. The van der Waals surface area contributed by atoms with Crippen molar-refractivity contribution in [3.05, 3.63) is 40.7 Å². The molecule has 3 rings (SSSR count). The molecule has 0 bridgehead atoms. The van der Waals surface area contributed by atoms with Crippen LogP contribution < -0.4 is 0 Å². The van der Waals surface area contributed by atoms with Gasteiger partial charge in [-0.25, -0.2) is 4.98 Å². The van der Waals surface area contributed by atoms with E-state index in [4.69, 9.17) is 4.98 Å². The fourth-order valence-corrected chi connectivity index (χ4v) is 3.83. The van der Waals surface area contributed by atoms with Crippen molar-refractivity contribution in [2.24, 2.45) is 0 Å². The van der Waals surface area contributed by atoms with E-state index in [0.29, 0.717) is 0 Å². The molecular formula is C15H17NOS. The van der Waals surface area contributed by atoms with Crippen molar-refractivity contribution >= 4 is 11.3 Å². The highest BCUT2D eigenvalue weighted by molar-refractivity contribution is 7.10. The molecule has 1 N–H and O–H groups in total. The normalized spacial score (nSPS) is 18.1. The van der Waals surface area contributed by atoms with Gasteiger partial charge in [0.15, 0.2) is 0 Å². The Morgan fingerprint density at radius 3 is 2.56 bits per heavy atom. The minimum Gasteiger partial charge on any atom is -0.395 e. The zero-order chi connectivity index (χ0) is 12.4. The smallest absolute Gasteiger partial charge is 0.102 e. The maximum absolute atomic E-state index is 9.72. The van der Waals surface area contributed by atoms with Crippen LogP contribution in [0, 0.1) is 0 Å². The van der Waals surface area contributed by atoms with Gasteiger partial charge < -0.3 is 5.11 Å². The number of hydrogen-bond acceptors (Lipinski definition) is 3. The summed E-state index contributed by atoms with van der Waals surface area (Å²) in [5.41, 5.74) is 2.14. The van der Waals surface area contributed by atoms with E-state index in [-0.39, 0.29) is 12.0 Å². The van der Waals surface area contributed by atoms with E-state index in [1.165, 1.54) is 12.8 Å². The fourth-order valence-electron chi connectivity index (χ4n) is 2.75. The van der Waals surface area contributed by atoms with Gasteiger partial charge in [0.25, 0.3) is 0 Å². The number of benzene rings is 1. The Kier molecular flexibility index (Phi) is 3.18. The summed E-state index contributed by atoms with van der Waals surface area (Å²) in [6, 6.07) is 10.2. The van der Waals surface area contributed by atoms with Gasteiger partial charge in [0.1, 0.15) is 5.01 Å². The minimum absolute atomic E-state index is 0.0578. The Balaban J connectivity index is 1.94. The van der Waals surface area contributed by atoms with Crippen molar-refractivity contribution in [3.63, 3.8) is 0 Å².